The number of aromatic nitrogens is 4. The Bertz CT molecular complexity index is 1630. The normalized spacial score (nSPS) is 14.2. The third kappa shape index (κ3) is 4.28. The number of anilines is 1. The highest BCUT2D eigenvalue weighted by Crippen LogP contribution is 2.23. The number of amides is 1. The van der Waals surface area contributed by atoms with E-state index >= 15 is 0 Å². The molecule has 1 aliphatic heterocycles. The maximum Gasteiger partial charge on any atom is 0.254 e. The van der Waals surface area contributed by atoms with Crippen LogP contribution in [0, 0.1) is 17.5 Å². The van der Waals surface area contributed by atoms with Gasteiger partial charge in [0.2, 0.25) is 0 Å². The summed E-state index contributed by atoms with van der Waals surface area (Å²) < 4.78 is 42.7. The molecule has 0 bridgehead atoms. The highest BCUT2D eigenvalue weighted by molar-refractivity contribution is 5.97. The molecule has 0 atom stereocenters. The van der Waals surface area contributed by atoms with Crippen LogP contribution in [0.1, 0.15) is 22.0 Å². The van der Waals surface area contributed by atoms with Crippen LogP contribution in [0.3, 0.4) is 0 Å². The number of imidazole rings is 2. The summed E-state index contributed by atoms with van der Waals surface area (Å²) in [6.07, 6.45) is 0.287. The van der Waals surface area contributed by atoms with Crippen LogP contribution in [0.4, 0.5) is 18.9 Å². The minimum absolute atomic E-state index is 0.0572. The van der Waals surface area contributed by atoms with Crippen molar-refractivity contribution in [1.29, 1.82) is 0 Å². The largest absolute Gasteiger partial charge is 0.368 e. The van der Waals surface area contributed by atoms with Gasteiger partial charge >= 0.3 is 0 Å². The first-order chi connectivity index (χ1) is 17.9. The number of halogens is 3. The molecular weight excluding hydrogens is 481 g/mol. The van der Waals surface area contributed by atoms with Crippen LogP contribution in [0.15, 0.2) is 54.6 Å². The van der Waals surface area contributed by atoms with Crippen molar-refractivity contribution >= 4 is 33.7 Å². The van der Waals surface area contributed by atoms with E-state index < -0.39 is 11.6 Å². The Labute approximate surface area is 210 Å². The first-order valence-electron chi connectivity index (χ1n) is 11.9. The molecule has 1 saturated heterocycles. The molecule has 7 nitrogen and oxygen atoms in total. The average molecular weight is 505 g/mol. The zero-order valence-corrected chi connectivity index (χ0v) is 20.0. The lowest BCUT2D eigenvalue weighted by Gasteiger charge is -2.36. The number of rotatable bonds is 4. The van der Waals surface area contributed by atoms with Crippen LogP contribution in [-0.4, -0.2) is 56.5 Å². The monoisotopic (exact) mass is 504 g/mol. The molecule has 0 saturated carbocycles. The lowest BCUT2D eigenvalue weighted by molar-refractivity contribution is 0.0747. The van der Waals surface area contributed by atoms with E-state index in [1.165, 1.54) is 18.2 Å². The van der Waals surface area contributed by atoms with Gasteiger partial charge in [-0.15, -0.1) is 0 Å². The molecule has 1 fully saturated rings. The van der Waals surface area contributed by atoms with Gasteiger partial charge in [0.25, 0.3) is 5.91 Å². The maximum atomic E-state index is 14.0. The molecular formula is C27H23F3N6O. The van der Waals surface area contributed by atoms with Crippen LogP contribution >= 0.6 is 0 Å². The predicted molar refractivity (Wildman–Crippen MR) is 134 cm³/mol. The minimum atomic E-state index is -0.718. The third-order valence-corrected chi connectivity index (χ3v) is 6.86. The summed E-state index contributed by atoms with van der Waals surface area (Å²) in [5.74, 6) is -0.576. The molecule has 2 aromatic heterocycles. The Morgan fingerprint density at radius 2 is 1.68 bits per heavy atom. The second-order valence-corrected chi connectivity index (χ2v) is 9.19. The SMILES string of the molecule is Cn1c(Cc2nc3c(F)cc(F)cc3[nH]2)nc2ccc(C(=O)N3CCN(c4ccc(F)cc4)CC3)cc21. The second kappa shape index (κ2) is 8.95. The number of piperazine rings is 1. The zero-order chi connectivity index (χ0) is 25.7. The molecule has 5 aromatic rings. The van der Waals surface area contributed by atoms with E-state index in [4.69, 9.17) is 0 Å². The number of nitrogens with zero attached hydrogens (tertiary/aromatic N) is 5. The number of fused-ring (bicyclic) bond motifs is 2. The van der Waals surface area contributed by atoms with Crippen molar-refractivity contribution in [2.75, 3.05) is 31.1 Å². The molecule has 1 N–H and O–H groups in total. The van der Waals surface area contributed by atoms with Gasteiger partial charge in [0.1, 0.15) is 28.8 Å². The molecule has 6 rings (SSSR count). The van der Waals surface area contributed by atoms with Crippen molar-refractivity contribution < 1.29 is 18.0 Å². The van der Waals surface area contributed by atoms with Crippen molar-refractivity contribution in [3.8, 4) is 0 Å². The Morgan fingerprint density at radius 1 is 0.919 bits per heavy atom. The fourth-order valence-corrected chi connectivity index (χ4v) is 4.86. The number of hydrogen-bond acceptors (Lipinski definition) is 4. The van der Waals surface area contributed by atoms with Gasteiger partial charge in [-0.3, -0.25) is 4.79 Å². The fourth-order valence-electron chi connectivity index (χ4n) is 4.86. The Morgan fingerprint density at radius 3 is 2.43 bits per heavy atom. The molecule has 188 valence electrons. The first-order valence-corrected chi connectivity index (χ1v) is 11.9. The predicted octanol–water partition coefficient (Wildman–Crippen LogP) is 4.42. The number of carbonyl (C=O) groups excluding carboxylic acids is 1. The van der Waals surface area contributed by atoms with E-state index in [1.807, 2.05) is 28.6 Å². The average Bonchev–Trinajstić information content (AvgIpc) is 3.44. The Balaban J connectivity index is 1.19. The topological polar surface area (TPSA) is 70.0 Å². The molecule has 1 amide bonds. The summed E-state index contributed by atoms with van der Waals surface area (Å²) >= 11 is 0. The van der Waals surface area contributed by atoms with Crippen molar-refractivity contribution in [3.63, 3.8) is 0 Å². The third-order valence-electron chi connectivity index (χ3n) is 6.86. The second-order valence-electron chi connectivity index (χ2n) is 9.19. The fraction of sp³-hybridized carbons (Fsp3) is 0.222. The number of aryl methyl sites for hydroxylation is 1. The van der Waals surface area contributed by atoms with Gasteiger partial charge in [0.05, 0.1) is 23.0 Å². The molecule has 0 unspecified atom stereocenters. The number of benzene rings is 3. The van der Waals surface area contributed by atoms with Crippen LogP contribution in [0.5, 0.6) is 0 Å². The van der Waals surface area contributed by atoms with E-state index in [0.717, 1.165) is 22.8 Å². The van der Waals surface area contributed by atoms with Crippen LogP contribution in [0.25, 0.3) is 22.1 Å². The number of aromatic amines is 1. The van der Waals surface area contributed by atoms with Crippen LogP contribution in [-0.2, 0) is 13.5 Å². The van der Waals surface area contributed by atoms with E-state index in [0.29, 0.717) is 48.9 Å². The van der Waals surface area contributed by atoms with Crippen molar-refractivity contribution in [2.45, 2.75) is 6.42 Å². The number of H-pyrrole nitrogens is 1. The molecule has 0 spiro atoms. The van der Waals surface area contributed by atoms with Gasteiger partial charge in [-0.2, -0.15) is 0 Å². The smallest absolute Gasteiger partial charge is 0.254 e. The van der Waals surface area contributed by atoms with Gasteiger partial charge in [-0.25, -0.2) is 23.1 Å². The quantitative estimate of drug-likeness (QED) is 0.394. The minimum Gasteiger partial charge on any atom is -0.368 e. The highest BCUT2D eigenvalue weighted by Gasteiger charge is 2.23. The lowest BCUT2D eigenvalue weighted by atomic mass is 10.1. The standard InChI is InChI=1S/C27H23F3N6O/c1-34-23-12-16(27(37)36-10-8-35(9-11-36)19-5-3-17(28)4-6-19)2-7-21(23)32-25(34)15-24-31-22-14-18(29)13-20(30)26(22)33-24/h2-7,12-14H,8-11,15H2,1H3,(H,31,33). The molecule has 37 heavy (non-hydrogen) atoms. The van der Waals surface area contributed by atoms with Gasteiger partial charge in [-0.05, 0) is 48.5 Å². The number of carbonyl (C=O) groups is 1. The molecule has 0 radical (unpaired) electrons. The van der Waals surface area contributed by atoms with Crippen LogP contribution < -0.4 is 4.90 Å². The molecule has 0 aliphatic carbocycles. The van der Waals surface area contributed by atoms with E-state index in [-0.39, 0.29) is 23.7 Å². The van der Waals surface area contributed by atoms with Crippen LogP contribution in [0.2, 0.25) is 0 Å². The Kier molecular flexibility index (Phi) is 5.58. The summed E-state index contributed by atoms with van der Waals surface area (Å²) in [7, 11) is 1.85. The molecule has 3 heterocycles. The summed E-state index contributed by atoms with van der Waals surface area (Å²) in [4.78, 5) is 29.1. The lowest BCUT2D eigenvalue weighted by Crippen LogP contribution is -2.48. The summed E-state index contributed by atoms with van der Waals surface area (Å²) in [6.45, 7) is 2.46. The number of hydrogen-bond donors (Lipinski definition) is 1. The highest BCUT2D eigenvalue weighted by atomic mass is 19.1. The van der Waals surface area contributed by atoms with Crippen molar-refractivity contribution in [1.82, 2.24) is 24.4 Å². The van der Waals surface area contributed by atoms with Gasteiger partial charge in [0.15, 0.2) is 5.82 Å². The van der Waals surface area contributed by atoms with E-state index in [1.54, 1.807) is 18.2 Å². The molecule has 3 aromatic carbocycles. The number of nitrogens with one attached hydrogen (secondary N) is 1. The van der Waals surface area contributed by atoms with Crippen molar-refractivity contribution in [3.05, 3.63) is 89.3 Å². The zero-order valence-electron chi connectivity index (χ0n) is 20.0. The van der Waals surface area contributed by atoms with Gasteiger partial charge in [0, 0.05) is 50.5 Å². The van der Waals surface area contributed by atoms with E-state index in [2.05, 4.69) is 19.9 Å². The molecule has 1 aliphatic rings. The van der Waals surface area contributed by atoms with E-state index in [9.17, 15) is 18.0 Å². The summed E-state index contributed by atoms with van der Waals surface area (Å²) in [5.41, 5.74) is 3.40. The summed E-state index contributed by atoms with van der Waals surface area (Å²) in [5, 5.41) is 0. The molecule has 10 heteroatoms. The van der Waals surface area contributed by atoms with Crippen molar-refractivity contribution in [2.24, 2.45) is 7.05 Å². The maximum absolute atomic E-state index is 14.0. The van der Waals surface area contributed by atoms with Gasteiger partial charge in [-0.1, -0.05) is 0 Å². The van der Waals surface area contributed by atoms with Gasteiger partial charge < -0.3 is 19.4 Å². The summed E-state index contributed by atoms with van der Waals surface area (Å²) in [6, 6.07) is 13.8. The Hall–Kier alpha value is -4.34. The first kappa shape index (κ1) is 23.1.